The van der Waals surface area contributed by atoms with E-state index in [1.807, 2.05) is 0 Å². The molecule has 2 fully saturated rings. The molecule has 0 bridgehead atoms. The van der Waals surface area contributed by atoms with Crippen LogP contribution in [0.15, 0.2) is 12.2 Å². The zero-order valence-electron chi connectivity index (χ0n) is 5.22. The lowest BCUT2D eigenvalue weighted by Gasteiger charge is -2.07. The first-order valence-corrected chi connectivity index (χ1v) is 3.19. The summed E-state index contributed by atoms with van der Waals surface area (Å²) in [6.07, 6.45) is 1.36. The van der Waals surface area contributed by atoms with Crippen molar-refractivity contribution < 1.29 is 0 Å². The predicted octanol–water partition coefficient (Wildman–Crippen LogP) is 0.876. The van der Waals surface area contributed by atoms with Crippen LogP contribution >= 0.6 is 0 Å². The third-order valence-electron chi connectivity index (χ3n) is 2.40. The summed E-state index contributed by atoms with van der Waals surface area (Å²) in [5.74, 6) is 0.889. The Labute approximate surface area is 50.0 Å². The summed E-state index contributed by atoms with van der Waals surface area (Å²) >= 11 is 0. The summed E-state index contributed by atoms with van der Waals surface area (Å²) in [6.45, 7) is 5.25. The van der Waals surface area contributed by atoms with Crippen LogP contribution in [0.3, 0.4) is 0 Å². The minimum absolute atomic E-state index is 0.787. The van der Waals surface area contributed by atoms with Crippen LogP contribution in [0.1, 0.15) is 6.42 Å². The highest BCUT2D eigenvalue weighted by atomic mass is 15.2. The Hall–Kier alpha value is -0.300. The molecular formula is C7H11N. The molecule has 2 aliphatic rings. The van der Waals surface area contributed by atoms with Gasteiger partial charge < -0.3 is 0 Å². The van der Waals surface area contributed by atoms with Crippen LogP contribution in [0.25, 0.3) is 0 Å². The van der Waals surface area contributed by atoms with Gasteiger partial charge in [0.05, 0.1) is 0 Å². The largest absolute Gasteiger partial charge is 0.299 e. The molecule has 44 valence electrons. The minimum atomic E-state index is 0.787. The van der Waals surface area contributed by atoms with Crippen LogP contribution in [0.2, 0.25) is 0 Å². The summed E-state index contributed by atoms with van der Waals surface area (Å²) in [5, 5.41) is 0. The van der Waals surface area contributed by atoms with Crippen LogP contribution in [0.5, 0.6) is 0 Å². The van der Waals surface area contributed by atoms with Gasteiger partial charge in [0.25, 0.3) is 0 Å². The zero-order chi connectivity index (χ0) is 5.72. The molecule has 1 aliphatic carbocycles. The molecule has 0 unspecified atom stereocenters. The van der Waals surface area contributed by atoms with Crippen LogP contribution in [-0.2, 0) is 0 Å². The van der Waals surface area contributed by atoms with Crippen LogP contribution < -0.4 is 0 Å². The highest BCUT2D eigenvalue weighted by molar-refractivity contribution is 5.34. The third kappa shape index (κ3) is 0.360. The number of likely N-dealkylation sites (tertiary alicyclic amines) is 1. The lowest BCUT2D eigenvalue weighted by atomic mass is 10.3. The lowest BCUT2D eigenvalue weighted by molar-refractivity contribution is 0.385. The molecule has 2 atom stereocenters. The average Bonchev–Trinajstić information content (AvgIpc) is 2.13. The molecule has 0 aromatic heterocycles. The van der Waals surface area contributed by atoms with Crippen molar-refractivity contribution in [3.63, 3.8) is 0 Å². The van der Waals surface area contributed by atoms with Crippen molar-refractivity contribution in [2.24, 2.45) is 5.92 Å². The Bertz CT molecular complexity index is 139. The Morgan fingerprint density at radius 1 is 1.75 bits per heavy atom. The number of likely N-dealkylation sites (N-methyl/N-ethyl adjacent to an activating group) is 1. The van der Waals surface area contributed by atoms with Gasteiger partial charge in [-0.25, -0.2) is 0 Å². The number of rotatable bonds is 0. The summed E-state index contributed by atoms with van der Waals surface area (Å²) in [4.78, 5) is 2.40. The number of nitrogens with zero attached hydrogens (tertiary/aromatic N) is 1. The fraction of sp³-hybridized carbons (Fsp3) is 0.714. The van der Waals surface area contributed by atoms with E-state index < -0.39 is 0 Å². The molecular weight excluding hydrogens is 98.1 g/mol. The van der Waals surface area contributed by atoms with Crippen molar-refractivity contribution in [1.82, 2.24) is 4.90 Å². The number of piperidine rings is 1. The maximum atomic E-state index is 3.96. The van der Waals surface area contributed by atoms with Crippen molar-refractivity contribution in [2.75, 3.05) is 13.6 Å². The predicted molar refractivity (Wildman–Crippen MR) is 33.7 cm³/mol. The quantitative estimate of drug-likeness (QED) is 0.417. The summed E-state index contributed by atoms with van der Waals surface area (Å²) in [7, 11) is 2.18. The fourth-order valence-electron chi connectivity index (χ4n) is 1.77. The molecule has 1 heteroatoms. The Balaban J connectivity index is 2.17. The second-order valence-electron chi connectivity index (χ2n) is 2.90. The van der Waals surface area contributed by atoms with Gasteiger partial charge in [0.15, 0.2) is 0 Å². The zero-order valence-corrected chi connectivity index (χ0v) is 5.22. The maximum absolute atomic E-state index is 3.96. The molecule has 0 amide bonds. The molecule has 1 saturated heterocycles. The fourth-order valence-corrected chi connectivity index (χ4v) is 1.77. The first-order valence-electron chi connectivity index (χ1n) is 3.19. The molecule has 0 aromatic carbocycles. The van der Waals surface area contributed by atoms with Gasteiger partial charge in [-0.1, -0.05) is 12.2 Å². The van der Waals surface area contributed by atoms with Gasteiger partial charge in [-0.05, 0) is 20.0 Å². The number of hydrogen-bond acceptors (Lipinski definition) is 1. The highest BCUT2D eigenvalue weighted by Gasteiger charge is 2.49. The van der Waals surface area contributed by atoms with Gasteiger partial charge in [-0.3, -0.25) is 4.90 Å². The minimum Gasteiger partial charge on any atom is -0.299 e. The Morgan fingerprint density at radius 3 is 2.75 bits per heavy atom. The molecule has 8 heavy (non-hydrogen) atoms. The van der Waals surface area contributed by atoms with Crippen molar-refractivity contribution >= 4 is 0 Å². The molecule has 1 saturated carbocycles. The van der Waals surface area contributed by atoms with Crippen molar-refractivity contribution in [2.45, 2.75) is 12.5 Å². The maximum Gasteiger partial charge on any atom is 0.0371 e. The topological polar surface area (TPSA) is 3.24 Å². The van der Waals surface area contributed by atoms with Crippen molar-refractivity contribution in [3.05, 3.63) is 12.2 Å². The van der Waals surface area contributed by atoms with E-state index in [-0.39, 0.29) is 0 Å². The first kappa shape index (κ1) is 4.57. The van der Waals surface area contributed by atoms with Crippen LogP contribution in [0, 0.1) is 5.92 Å². The van der Waals surface area contributed by atoms with E-state index in [1.165, 1.54) is 18.5 Å². The molecule has 0 N–H and O–H groups in total. The van der Waals surface area contributed by atoms with Gasteiger partial charge in [-0.2, -0.15) is 0 Å². The van der Waals surface area contributed by atoms with Crippen molar-refractivity contribution in [1.29, 1.82) is 0 Å². The molecule has 1 aliphatic heterocycles. The van der Waals surface area contributed by atoms with Gasteiger partial charge >= 0.3 is 0 Å². The van der Waals surface area contributed by atoms with Crippen molar-refractivity contribution in [3.8, 4) is 0 Å². The Kier molecular flexibility index (Phi) is 0.662. The number of fused-ring (bicyclic) bond motifs is 1. The van der Waals surface area contributed by atoms with E-state index >= 15 is 0 Å². The molecule has 1 nitrogen and oxygen atoms in total. The lowest BCUT2D eigenvalue weighted by Crippen LogP contribution is -2.16. The second-order valence-corrected chi connectivity index (χ2v) is 2.90. The smallest absolute Gasteiger partial charge is 0.0371 e. The second kappa shape index (κ2) is 1.16. The number of hydrogen-bond donors (Lipinski definition) is 0. The van der Waals surface area contributed by atoms with Gasteiger partial charge in [0.2, 0.25) is 0 Å². The third-order valence-corrected chi connectivity index (χ3v) is 2.40. The van der Waals surface area contributed by atoms with Gasteiger partial charge in [-0.15, -0.1) is 0 Å². The average molecular weight is 109 g/mol. The SMILES string of the molecule is C=C1[C@@H]2[C@H]1CCN2C. The monoisotopic (exact) mass is 109 g/mol. The van der Waals surface area contributed by atoms with E-state index in [2.05, 4.69) is 18.5 Å². The van der Waals surface area contributed by atoms with E-state index in [1.54, 1.807) is 0 Å². The Morgan fingerprint density at radius 2 is 2.50 bits per heavy atom. The van der Waals surface area contributed by atoms with E-state index in [4.69, 9.17) is 0 Å². The highest BCUT2D eigenvalue weighted by Crippen LogP contribution is 2.47. The summed E-state index contributed by atoms with van der Waals surface area (Å²) in [5.41, 5.74) is 1.47. The molecule has 1 heterocycles. The molecule has 2 rings (SSSR count). The van der Waals surface area contributed by atoms with E-state index in [0.717, 1.165) is 12.0 Å². The van der Waals surface area contributed by atoms with Gasteiger partial charge in [0, 0.05) is 12.0 Å². The molecule has 0 radical (unpaired) electrons. The molecule has 0 spiro atoms. The van der Waals surface area contributed by atoms with Gasteiger partial charge in [0.1, 0.15) is 0 Å². The standard InChI is InChI=1S/C7H11N/c1-5-6-3-4-8(2)7(5)6/h6-7H,1,3-4H2,2H3/t6-,7+/m0/s1. The van der Waals surface area contributed by atoms with Crippen LogP contribution in [0.4, 0.5) is 0 Å². The first-order chi connectivity index (χ1) is 3.80. The summed E-state index contributed by atoms with van der Waals surface area (Å²) < 4.78 is 0. The van der Waals surface area contributed by atoms with E-state index in [9.17, 15) is 0 Å². The van der Waals surface area contributed by atoms with Crippen LogP contribution in [-0.4, -0.2) is 24.5 Å². The van der Waals surface area contributed by atoms with E-state index in [0.29, 0.717) is 0 Å². The normalized spacial score (nSPS) is 44.9. The summed E-state index contributed by atoms with van der Waals surface area (Å²) in [6, 6.07) is 0.787. The molecule has 0 aromatic rings.